The monoisotopic (exact) mass is 289 g/mol. The number of carbonyl (C=O) groups is 1. The van der Waals surface area contributed by atoms with E-state index in [1.165, 1.54) is 37.0 Å². The minimum atomic E-state index is -0.0662. The van der Waals surface area contributed by atoms with Gasteiger partial charge in [0.05, 0.1) is 5.69 Å². The highest BCUT2D eigenvalue weighted by atomic mass is 32.1. The van der Waals surface area contributed by atoms with Crippen molar-refractivity contribution in [3.8, 4) is 0 Å². The van der Waals surface area contributed by atoms with Crippen LogP contribution in [0.25, 0.3) is 10.2 Å². The molecule has 20 heavy (non-hydrogen) atoms. The Bertz CT molecular complexity index is 617. The van der Waals surface area contributed by atoms with Crippen LogP contribution in [0.15, 0.2) is 18.3 Å². The van der Waals surface area contributed by atoms with Crippen molar-refractivity contribution >= 4 is 33.1 Å². The number of rotatable bonds is 4. The Labute approximate surface area is 122 Å². The topological polar surface area (TPSA) is 68.0 Å². The number of amides is 1. The summed E-state index contributed by atoms with van der Waals surface area (Å²) in [6.45, 7) is 0.741. The fourth-order valence-corrected chi connectivity index (χ4v) is 3.87. The van der Waals surface area contributed by atoms with Gasteiger partial charge in [0.2, 0.25) is 0 Å². The summed E-state index contributed by atoms with van der Waals surface area (Å²) in [6.07, 6.45) is 8.10. The molecule has 2 heterocycles. The molecule has 3 N–H and O–H groups in total. The molecule has 1 amide bonds. The number of carbonyl (C=O) groups excluding carboxylic acids is 1. The number of nitrogen functional groups attached to an aromatic ring is 1. The van der Waals surface area contributed by atoms with Gasteiger partial charge >= 0.3 is 0 Å². The van der Waals surface area contributed by atoms with E-state index in [9.17, 15) is 4.79 Å². The van der Waals surface area contributed by atoms with Crippen LogP contribution >= 0.6 is 11.3 Å². The van der Waals surface area contributed by atoms with Crippen LogP contribution in [0.2, 0.25) is 0 Å². The third-order valence-corrected chi connectivity index (χ3v) is 5.15. The average molecular weight is 289 g/mol. The lowest BCUT2D eigenvalue weighted by molar-refractivity contribution is 0.0956. The van der Waals surface area contributed by atoms with Gasteiger partial charge in [-0.05, 0) is 24.5 Å². The molecular weight excluding hydrogens is 270 g/mol. The van der Waals surface area contributed by atoms with E-state index in [1.54, 1.807) is 6.20 Å². The van der Waals surface area contributed by atoms with Crippen molar-refractivity contribution in [2.75, 3.05) is 12.3 Å². The van der Waals surface area contributed by atoms with Crippen LogP contribution < -0.4 is 11.1 Å². The summed E-state index contributed by atoms with van der Waals surface area (Å²) in [5.74, 6) is 0.722. The minimum Gasteiger partial charge on any atom is -0.397 e. The first-order valence-corrected chi connectivity index (χ1v) is 7.98. The maximum absolute atomic E-state index is 12.2. The number of hydrogen-bond donors (Lipinski definition) is 2. The maximum atomic E-state index is 12.2. The number of anilines is 1. The van der Waals surface area contributed by atoms with Crippen molar-refractivity contribution in [2.45, 2.75) is 32.1 Å². The number of hydrogen-bond acceptors (Lipinski definition) is 4. The van der Waals surface area contributed by atoms with E-state index in [4.69, 9.17) is 5.73 Å². The second-order valence-electron chi connectivity index (χ2n) is 5.40. The number of pyridine rings is 1. The summed E-state index contributed by atoms with van der Waals surface area (Å²) >= 11 is 1.37. The molecule has 0 bridgehead atoms. The van der Waals surface area contributed by atoms with Gasteiger partial charge in [0.15, 0.2) is 0 Å². The molecule has 2 aromatic rings. The number of thiophene rings is 1. The third-order valence-electron chi connectivity index (χ3n) is 4.02. The number of fused-ring (bicyclic) bond motifs is 1. The van der Waals surface area contributed by atoms with Gasteiger partial charge in [-0.3, -0.25) is 4.79 Å². The summed E-state index contributed by atoms with van der Waals surface area (Å²) in [7, 11) is 0. The van der Waals surface area contributed by atoms with Gasteiger partial charge < -0.3 is 11.1 Å². The van der Waals surface area contributed by atoms with Crippen molar-refractivity contribution in [2.24, 2.45) is 5.92 Å². The SMILES string of the molecule is Nc1c(C(=O)NCCC2CCCC2)sc2ncccc12. The Morgan fingerprint density at radius 2 is 2.25 bits per heavy atom. The fourth-order valence-electron chi connectivity index (χ4n) is 2.89. The first kappa shape index (κ1) is 13.4. The molecule has 1 aliphatic carbocycles. The highest BCUT2D eigenvalue weighted by Crippen LogP contribution is 2.32. The van der Waals surface area contributed by atoms with Crippen molar-refractivity contribution in [3.63, 3.8) is 0 Å². The number of nitrogens with one attached hydrogen (secondary N) is 1. The van der Waals surface area contributed by atoms with Crippen LogP contribution in [0.3, 0.4) is 0 Å². The molecule has 0 radical (unpaired) electrons. The standard InChI is InChI=1S/C15H19N3OS/c16-12-11-6-3-8-18-15(11)20-13(12)14(19)17-9-7-10-4-1-2-5-10/h3,6,8,10H,1-2,4-5,7,9,16H2,(H,17,19). The van der Waals surface area contributed by atoms with Gasteiger partial charge in [-0.25, -0.2) is 4.98 Å². The Morgan fingerprint density at radius 1 is 1.45 bits per heavy atom. The second-order valence-corrected chi connectivity index (χ2v) is 6.40. The summed E-state index contributed by atoms with van der Waals surface area (Å²) in [6, 6.07) is 3.75. The van der Waals surface area contributed by atoms with Crippen LogP contribution in [0.4, 0.5) is 5.69 Å². The van der Waals surface area contributed by atoms with Crippen LogP contribution in [0.5, 0.6) is 0 Å². The van der Waals surface area contributed by atoms with Gasteiger partial charge in [-0.2, -0.15) is 0 Å². The predicted octanol–water partition coefficient (Wildman–Crippen LogP) is 3.19. The quantitative estimate of drug-likeness (QED) is 0.908. The Morgan fingerprint density at radius 3 is 3.00 bits per heavy atom. The molecule has 106 valence electrons. The Hall–Kier alpha value is -1.62. The molecular formula is C15H19N3OS. The third kappa shape index (κ3) is 2.63. The Balaban J connectivity index is 1.64. The van der Waals surface area contributed by atoms with Gasteiger partial charge in [-0.15, -0.1) is 11.3 Å². The average Bonchev–Trinajstić information content (AvgIpc) is 3.08. The van der Waals surface area contributed by atoms with Crippen LogP contribution in [0, 0.1) is 5.92 Å². The molecule has 1 fully saturated rings. The molecule has 2 aromatic heterocycles. The molecule has 0 aliphatic heterocycles. The van der Waals surface area contributed by atoms with Crippen molar-refractivity contribution in [1.82, 2.24) is 10.3 Å². The molecule has 0 spiro atoms. The summed E-state index contributed by atoms with van der Waals surface area (Å²) in [4.78, 5) is 17.9. The minimum absolute atomic E-state index is 0.0662. The number of nitrogens with zero attached hydrogens (tertiary/aromatic N) is 1. The van der Waals surface area contributed by atoms with E-state index < -0.39 is 0 Å². The zero-order valence-corrected chi connectivity index (χ0v) is 12.2. The molecule has 4 nitrogen and oxygen atoms in total. The summed E-state index contributed by atoms with van der Waals surface area (Å²) in [5.41, 5.74) is 6.60. The van der Waals surface area contributed by atoms with E-state index >= 15 is 0 Å². The second kappa shape index (κ2) is 5.79. The zero-order chi connectivity index (χ0) is 13.9. The van der Waals surface area contributed by atoms with Crippen LogP contribution in [-0.2, 0) is 0 Å². The largest absolute Gasteiger partial charge is 0.397 e. The molecule has 0 saturated heterocycles. The van der Waals surface area contributed by atoms with Crippen LogP contribution in [0.1, 0.15) is 41.8 Å². The molecule has 0 aromatic carbocycles. The van der Waals surface area contributed by atoms with E-state index in [0.29, 0.717) is 10.6 Å². The lowest BCUT2D eigenvalue weighted by atomic mass is 10.0. The first-order valence-electron chi connectivity index (χ1n) is 7.17. The van der Waals surface area contributed by atoms with Crippen molar-refractivity contribution in [1.29, 1.82) is 0 Å². The van der Waals surface area contributed by atoms with E-state index in [2.05, 4.69) is 10.3 Å². The van der Waals surface area contributed by atoms with Gasteiger partial charge in [-0.1, -0.05) is 25.7 Å². The van der Waals surface area contributed by atoms with E-state index in [-0.39, 0.29) is 5.91 Å². The number of aromatic nitrogens is 1. The smallest absolute Gasteiger partial charge is 0.263 e. The highest BCUT2D eigenvalue weighted by molar-refractivity contribution is 7.21. The molecule has 5 heteroatoms. The van der Waals surface area contributed by atoms with Crippen molar-refractivity contribution in [3.05, 3.63) is 23.2 Å². The molecule has 0 atom stereocenters. The van der Waals surface area contributed by atoms with Gasteiger partial charge in [0.1, 0.15) is 9.71 Å². The lowest BCUT2D eigenvalue weighted by Crippen LogP contribution is -2.25. The molecule has 1 aliphatic rings. The highest BCUT2D eigenvalue weighted by Gasteiger charge is 2.18. The maximum Gasteiger partial charge on any atom is 0.263 e. The molecule has 3 rings (SSSR count). The first-order chi connectivity index (χ1) is 9.75. The lowest BCUT2D eigenvalue weighted by Gasteiger charge is -2.09. The summed E-state index contributed by atoms with van der Waals surface area (Å²) in [5, 5.41) is 3.86. The summed E-state index contributed by atoms with van der Waals surface area (Å²) < 4.78 is 0. The van der Waals surface area contributed by atoms with Gasteiger partial charge in [0.25, 0.3) is 5.91 Å². The van der Waals surface area contributed by atoms with E-state index in [0.717, 1.165) is 29.1 Å². The molecule has 0 unspecified atom stereocenters. The van der Waals surface area contributed by atoms with E-state index in [1.807, 2.05) is 12.1 Å². The molecule has 1 saturated carbocycles. The van der Waals surface area contributed by atoms with Crippen molar-refractivity contribution < 1.29 is 4.79 Å². The van der Waals surface area contributed by atoms with Gasteiger partial charge in [0, 0.05) is 18.1 Å². The fraction of sp³-hybridized carbons (Fsp3) is 0.467. The van der Waals surface area contributed by atoms with Crippen LogP contribution in [-0.4, -0.2) is 17.4 Å². The predicted molar refractivity (Wildman–Crippen MR) is 82.9 cm³/mol. The number of nitrogens with two attached hydrogens (primary N) is 1. The zero-order valence-electron chi connectivity index (χ0n) is 11.4. The Kier molecular flexibility index (Phi) is 3.87. The normalized spacial score (nSPS) is 15.8.